The zero-order valence-electron chi connectivity index (χ0n) is 10.4. The molecule has 0 aliphatic rings. The van der Waals surface area contributed by atoms with Gasteiger partial charge >= 0.3 is 0 Å². The molecular formula is C13H17N3O. The summed E-state index contributed by atoms with van der Waals surface area (Å²) in [4.78, 5) is 4.14. The first-order chi connectivity index (χ1) is 8.15. The summed E-state index contributed by atoms with van der Waals surface area (Å²) in [5, 5.41) is 7.14. The molecule has 1 N–H and O–H groups in total. The second kappa shape index (κ2) is 5.10. The van der Waals surface area contributed by atoms with Crippen LogP contribution in [0.25, 0.3) is 0 Å². The molecule has 0 unspecified atom stereocenters. The number of benzene rings is 1. The Bertz CT molecular complexity index is 505. The Labute approximate surface area is 101 Å². The third kappa shape index (κ3) is 3.14. The van der Waals surface area contributed by atoms with Crippen LogP contribution in [0.4, 0.5) is 0 Å². The van der Waals surface area contributed by atoms with Crippen LogP contribution in [0.15, 0.2) is 22.7 Å². The van der Waals surface area contributed by atoms with E-state index in [2.05, 4.69) is 47.5 Å². The van der Waals surface area contributed by atoms with Gasteiger partial charge in [0.15, 0.2) is 5.82 Å². The summed E-state index contributed by atoms with van der Waals surface area (Å²) >= 11 is 0. The van der Waals surface area contributed by atoms with Gasteiger partial charge in [0.25, 0.3) is 0 Å². The van der Waals surface area contributed by atoms with Crippen LogP contribution in [0.5, 0.6) is 0 Å². The standard InChI is InChI=1S/C13H17N3O/c1-9-4-5-12(10(2)6-9)7-14-8-13-15-11(3)17-16-13/h4-6,14H,7-8H2,1-3H3. The number of nitrogens with zero attached hydrogens (tertiary/aromatic N) is 2. The fourth-order valence-electron chi connectivity index (χ4n) is 1.77. The van der Waals surface area contributed by atoms with Crippen molar-refractivity contribution in [3.05, 3.63) is 46.6 Å². The fourth-order valence-corrected chi connectivity index (χ4v) is 1.77. The Morgan fingerprint density at radius 2 is 2.00 bits per heavy atom. The summed E-state index contributed by atoms with van der Waals surface area (Å²) in [6.07, 6.45) is 0. The lowest BCUT2D eigenvalue weighted by Gasteiger charge is -2.07. The summed E-state index contributed by atoms with van der Waals surface area (Å²) in [5.74, 6) is 1.31. The molecule has 0 bridgehead atoms. The van der Waals surface area contributed by atoms with Crippen molar-refractivity contribution in [2.24, 2.45) is 0 Å². The fraction of sp³-hybridized carbons (Fsp3) is 0.385. The Kier molecular flexibility index (Phi) is 3.54. The van der Waals surface area contributed by atoms with E-state index in [4.69, 9.17) is 4.52 Å². The third-order valence-electron chi connectivity index (χ3n) is 2.67. The number of rotatable bonds is 4. The Hall–Kier alpha value is -1.68. The van der Waals surface area contributed by atoms with Crippen LogP contribution in [0.3, 0.4) is 0 Å². The molecule has 0 fully saturated rings. The van der Waals surface area contributed by atoms with Crippen LogP contribution >= 0.6 is 0 Å². The van der Waals surface area contributed by atoms with Crippen LogP contribution in [-0.4, -0.2) is 10.1 Å². The highest BCUT2D eigenvalue weighted by Crippen LogP contribution is 2.10. The van der Waals surface area contributed by atoms with Gasteiger partial charge in [-0.05, 0) is 25.0 Å². The van der Waals surface area contributed by atoms with Gasteiger partial charge in [-0.25, -0.2) is 0 Å². The largest absolute Gasteiger partial charge is 0.340 e. The molecule has 17 heavy (non-hydrogen) atoms. The molecule has 1 aromatic heterocycles. The molecule has 2 rings (SSSR count). The van der Waals surface area contributed by atoms with Crippen molar-refractivity contribution in [3.8, 4) is 0 Å². The van der Waals surface area contributed by atoms with Gasteiger partial charge in [-0.15, -0.1) is 0 Å². The molecule has 0 spiro atoms. The smallest absolute Gasteiger partial charge is 0.223 e. The predicted molar refractivity (Wildman–Crippen MR) is 65.5 cm³/mol. The normalized spacial score (nSPS) is 10.8. The minimum atomic E-state index is 0.605. The number of hydrogen-bond donors (Lipinski definition) is 1. The van der Waals surface area contributed by atoms with E-state index in [0.717, 1.165) is 6.54 Å². The lowest BCUT2D eigenvalue weighted by atomic mass is 10.1. The number of aromatic nitrogens is 2. The minimum absolute atomic E-state index is 0.605. The molecule has 0 amide bonds. The van der Waals surface area contributed by atoms with Crippen molar-refractivity contribution < 1.29 is 4.52 Å². The lowest BCUT2D eigenvalue weighted by Crippen LogP contribution is -2.14. The molecule has 0 saturated heterocycles. The summed E-state index contributed by atoms with van der Waals surface area (Å²) in [6, 6.07) is 6.47. The summed E-state index contributed by atoms with van der Waals surface area (Å²) in [5.41, 5.74) is 3.90. The topological polar surface area (TPSA) is 51.0 Å². The minimum Gasteiger partial charge on any atom is -0.340 e. The molecule has 1 heterocycles. The second-order valence-electron chi connectivity index (χ2n) is 4.26. The molecule has 0 saturated carbocycles. The van der Waals surface area contributed by atoms with Crippen molar-refractivity contribution in [2.45, 2.75) is 33.9 Å². The predicted octanol–water partition coefficient (Wildman–Crippen LogP) is 2.28. The molecule has 4 heteroatoms. The van der Waals surface area contributed by atoms with Crippen LogP contribution < -0.4 is 5.32 Å². The highest BCUT2D eigenvalue weighted by Gasteiger charge is 2.02. The van der Waals surface area contributed by atoms with Crippen LogP contribution in [-0.2, 0) is 13.1 Å². The van der Waals surface area contributed by atoms with Crippen molar-refractivity contribution >= 4 is 0 Å². The summed E-state index contributed by atoms with van der Waals surface area (Å²) in [7, 11) is 0. The molecule has 0 aliphatic heterocycles. The second-order valence-corrected chi connectivity index (χ2v) is 4.26. The van der Waals surface area contributed by atoms with Gasteiger partial charge in [-0.1, -0.05) is 28.9 Å². The quantitative estimate of drug-likeness (QED) is 0.877. The first-order valence-electron chi connectivity index (χ1n) is 5.71. The van der Waals surface area contributed by atoms with Crippen LogP contribution in [0.2, 0.25) is 0 Å². The third-order valence-corrected chi connectivity index (χ3v) is 2.67. The lowest BCUT2D eigenvalue weighted by molar-refractivity contribution is 0.385. The van der Waals surface area contributed by atoms with E-state index in [-0.39, 0.29) is 0 Å². The SMILES string of the molecule is Cc1ccc(CNCc2noc(C)n2)c(C)c1. The van der Waals surface area contributed by atoms with Gasteiger partial charge in [0.05, 0.1) is 6.54 Å². The molecule has 1 aromatic carbocycles. The van der Waals surface area contributed by atoms with Crippen molar-refractivity contribution in [1.82, 2.24) is 15.5 Å². The van der Waals surface area contributed by atoms with Gasteiger partial charge in [-0.3, -0.25) is 0 Å². The molecular weight excluding hydrogens is 214 g/mol. The molecule has 4 nitrogen and oxygen atoms in total. The monoisotopic (exact) mass is 231 g/mol. The van der Waals surface area contributed by atoms with E-state index >= 15 is 0 Å². The molecule has 0 aliphatic carbocycles. The van der Waals surface area contributed by atoms with Gasteiger partial charge in [-0.2, -0.15) is 4.98 Å². The highest BCUT2D eigenvalue weighted by atomic mass is 16.5. The first-order valence-corrected chi connectivity index (χ1v) is 5.71. The van der Waals surface area contributed by atoms with E-state index in [1.807, 2.05) is 0 Å². The van der Waals surface area contributed by atoms with E-state index in [1.54, 1.807) is 6.92 Å². The summed E-state index contributed by atoms with van der Waals surface area (Å²) < 4.78 is 4.91. The summed E-state index contributed by atoms with van der Waals surface area (Å²) in [6.45, 7) is 7.47. The van der Waals surface area contributed by atoms with Crippen molar-refractivity contribution in [2.75, 3.05) is 0 Å². The van der Waals surface area contributed by atoms with E-state index in [0.29, 0.717) is 18.3 Å². The number of nitrogens with one attached hydrogen (secondary N) is 1. The van der Waals surface area contributed by atoms with Gasteiger partial charge < -0.3 is 9.84 Å². The Morgan fingerprint density at radius 1 is 1.18 bits per heavy atom. The number of hydrogen-bond acceptors (Lipinski definition) is 4. The maximum absolute atomic E-state index is 4.91. The van der Waals surface area contributed by atoms with E-state index < -0.39 is 0 Å². The Morgan fingerprint density at radius 3 is 2.65 bits per heavy atom. The van der Waals surface area contributed by atoms with Gasteiger partial charge in [0.1, 0.15) is 0 Å². The zero-order valence-corrected chi connectivity index (χ0v) is 10.4. The van der Waals surface area contributed by atoms with Gasteiger partial charge in [0, 0.05) is 13.5 Å². The van der Waals surface area contributed by atoms with Crippen molar-refractivity contribution in [3.63, 3.8) is 0 Å². The highest BCUT2D eigenvalue weighted by molar-refractivity contribution is 5.30. The molecule has 2 aromatic rings. The van der Waals surface area contributed by atoms with E-state index in [1.165, 1.54) is 16.7 Å². The van der Waals surface area contributed by atoms with E-state index in [9.17, 15) is 0 Å². The molecule has 0 atom stereocenters. The van der Waals surface area contributed by atoms with Crippen LogP contribution in [0, 0.1) is 20.8 Å². The van der Waals surface area contributed by atoms with Gasteiger partial charge in [0.2, 0.25) is 5.89 Å². The van der Waals surface area contributed by atoms with Crippen molar-refractivity contribution in [1.29, 1.82) is 0 Å². The van der Waals surface area contributed by atoms with Crippen LogP contribution in [0.1, 0.15) is 28.4 Å². The average Bonchev–Trinajstić information content (AvgIpc) is 2.68. The maximum atomic E-state index is 4.91. The molecule has 90 valence electrons. The number of aryl methyl sites for hydroxylation is 3. The Balaban J connectivity index is 1.90. The average molecular weight is 231 g/mol. The first kappa shape index (κ1) is 11.8. The zero-order chi connectivity index (χ0) is 12.3. The molecule has 0 radical (unpaired) electrons. The maximum Gasteiger partial charge on any atom is 0.223 e.